The second kappa shape index (κ2) is 6.56. The average Bonchev–Trinajstić information content (AvgIpc) is 2.55. The molecule has 1 rings (SSSR count). The Morgan fingerprint density at radius 2 is 2.00 bits per heavy atom. The van der Waals surface area contributed by atoms with Crippen LogP contribution in [0.1, 0.15) is 72.6 Å². The van der Waals surface area contributed by atoms with Gasteiger partial charge in [0.1, 0.15) is 6.29 Å². The van der Waals surface area contributed by atoms with Crippen LogP contribution in [-0.2, 0) is 4.79 Å². The molecule has 0 N–H and O–H groups in total. The van der Waals surface area contributed by atoms with Crippen LogP contribution < -0.4 is 0 Å². The summed E-state index contributed by atoms with van der Waals surface area (Å²) in [4.78, 5) is 10.4. The third kappa shape index (κ3) is 3.82. The Balaban J connectivity index is 2.36. The van der Waals surface area contributed by atoms with Crippen molar-refractivity contribution in [3.8, 4) is 0 Å². The molecule has 0 aromatic carbocycles. The van der Waals surface area contributed by atoms with Gasteiger partial charge in [-0.1, -0.05) is 40.5 Å². The Kier molecular flexibility index (Phi) is 5.69. The van der Waals surface area contributed by atoms with Gasteiger partial charge in [-0.05, 0) is 48.9 Å². The lowest BCUT2D eigenvalue weighted by atomic mass is 9.73. The topological polar surface area (TPSA) is 17.1 Å². The van der Waals surface area contributed by atoms with Gasteiger partial charge in [-0.15, -0.1) is 0 Å². The molecule has 1 nitrogen and oxygen atoms in total. The fraction of sp³-hybridized carbons (Fsp3) is 0.938. The summed E-state index contributed by atoms with van der Waals surface area (Å²) < 4.78 is 0. The Bertz CT molecular complexity index is 232. The zero-order valence-corrected chi connectivity index (χ0v) is 12.2. The van der Waals surface area contributed by atoms with Gasteiger partial charge < -0.3 is 4.79 Å². The van der Waals surface area contributed by atoms with Crippen molar-refractivity contribution in [3.63, 3.8) is 0 Å². The highest BCUT2D eigenvalue weighted by molar-refractivity contribution is 5.49. The molecule has 1 aliphatic rings. The maximum absolute atomic E-state index is 10.4. The van der Waals surface area contributed by atoms with E-state index in [-0.39, 0.29) is 0 Å². The quantitative estimate of drug-likeness (QED) is 0.580. The highest BCUT2D eigenvalue weighted by atomic mass is 16.1. The largest absolute Gasteiger partial charge is 0.303 e. The van der Waals surface area contributed by atoms with Crippen molar-refractivity contribution >= 4 is 6.29 Å². The van der Waals surface area contributed by atoms with E-state index in [1.807, 2.05) is 0 Å². The summed E-state index contributed by atoms with van der Waals surface area (Å²) in [5.74, 6) is 2.55. The van der Waals surface area contributed by atoms with Gasteiger partial charge in [-0.3, -0.25) is 0 Å². The highest BCUT2D eigenvalue weighted by Gasteiger charge is 2.39. The smallest absolute Gasteiger partial charge is 0.120 e. The molecule has 1 heteroatoms. The van der Waals surface area contributed by atoms with Crippen LogP contribution in [-0.4, -0.2) is 6.29 Å². The molecular formula is C16H30O. The summed E-state index contributed by atoms with van der Waals surface area (Å²) >= 11 is 0. The second-order valence-corrected chi connectivity index (χ2v) is 6.59. The van der Waals surface area contributed by atoms with E-state index < -0.39 is 0 Å². The van der Waals surface area contributed by atoms with Gasteiger partial charge in [0.2, 0.25) is 0 Å². The molecule has 0 amide bonds. The molecule has 0 aromatic rings. The van der Waals surface area contributed by atoms with E-state index in [2.05, 4.69) is 27.7 Å². The van der Waals surface area contributed by atoms with Gasteiger partial charge in [-0.2, -0.15) is 0 Å². The second-order valence-electron chi connectivity index (χ2n) is 6.59. The summed E-state index contributed by atoms with van der Waals surface area (Å²) in [6, 6.07) is 0. The summed E-state index contributed by atoms with van der Waals surface area (Å²) in [6.07, 6.45) is 9.67. The van der Waals surface area contributed by atoms with Gasteiger partial charge in [0.25, 0.3) is 0 Å². The van der Waals surface area contributed by atoms with Crippen LogP contribution in [0, 0.1) is 23.2 Å². The first-order valence-electron chi connectivity index (χ1n) is 7.46. The number of carbonyl (C=O) groups is 1. The van der Waals surface area contributed by atoms with Crippen molar-refractivity contribution in [2.45, 2.75) is 72.6 Å². The van der Waals surface area contributed by atoms with Gasteiger partial charge >= 0.3 is 0 Å². The Morgan fingerprint density at radius 3 is 2.47 bits per heavy atom. The third-order valence-corrected chi connectivity index (χ3v) is 5.46. The molecule has 1 saturated carbocycles. The molecule has 0 spiro atoms. The first kappa shape index (κ1) is 14.7. The van der Waals surface area contributed by atoms with Crippen molar-refractivity contribution in [2.24, 2.45) is 23.2 Å². The highest BCUT2D eigenvalue weighted by Crippen LogP contribution is 2.49. The zero-order valence-electron chi connectivity index (χ0n) is 12.2. The number of aldehydes is 1. The van der Waals surface area contributed by atoms with Gasteiger partial charge in [-0.25, -0.2) is 0 Å². The number of hydrogen-bond donors (Lipinski definition) is 0. The molecule has 0 heterocycles. The summed E-state index contributed by atoms with van der Waals surface area (Å²) in [5.41, 5.74) is 0.531. The van der Waals surface area contributed by atoms with Crippen LogP contribution >= 0.6 is 0 Å². The van der Waals surface area contributed by atoms with E-state index in [4.69, 9.17) is 0 Å². The molecule has 3 unspecified atom stereocenters. The lowest BCUT2D eigenvalue weighted by molar-refractivity contribution is -0.108. The molecular weight excluding hydrogens is 208 g/mol. The number of hydrogen-bond acceptors (Lipinski definition) is 1. The van der Waals surface area contributed by atoms with Gasteiger partial charge in [0.05, 0.1) is 0 Å². The molecule has 1 aliphatic carbocycles. The van der Waals surface area contributed by atoms with E-state index in [9.17, 15) is 4.79 Å². The van der Waals surface area contributed by atoms with Crippen molar-refractivity contribution in [1.29, 1.82) is 0 Å². The van der Waals surface area contributed by atoms with Crippen molar-refractivity contribution < 1.29 is 4.79 Å². The first-order chi connectivity index (χ1) is 8.02. The molecule has 100 valence electrons. The van der Waals surface area contributed by atoms with Crippen LogP contribution in [0.15, 0.2) is 0 Å². The molecule has 17 heavy (non-hydrogen) atoms. The zero-order chi connectivity index (χ0) is 12.9. The minimum atomic E-state index is 0.531. The molecule has 3 atom stereocenters. The van der Waals surface area contributed by atoms with Crippen LogP contribution in [0.25, 0.3) is 0 Å². The lowest BCUT2D eigenvalue weighted by Crippen LogP contribution is -2.23. The SMILES string of the molecule is CCC(CCC=O)CCC1CCC(C)C1(C)C. The minimum Gasteiger partial charge on any atom is -0.303 e. The predicted octanol–water partition coefficient (Wildman–Crippen LogP) is 4.84. The van der Waals surface area contributed by atoms with Gasteiger partial charge in [0.15, 0.2) is 0 Å². The van der Waals surface area contributed by atoms with Crippen molar-refractivity contribution in [2.75, 3.05) is 0 Å². The van der Waals surface area contributed by atoms with E-state index in [0.717, 1.165) is 36.9 Å². The number of carbonyl (C=O) groups excluding carboxylic acids is 1. The first-order valence-corrected chi connectivity index (χ1v) is 7.46. The van der Waals surface area contributed by atoms with E-state index in [0.29, 0.717) is 5.41 Å². The Hall–Kier alpha value is -0.330. The van der Waals surface area contributed by atoms with E-state index in [1.54, 1.807) is 0 Å². The van der Waals surface area contributed by atoms with Crippen LogP contribution in [0.2, 0.25) is 0 Å². The third-order valence-electron chi connectivity index (χ3n) is 5.46. The van der Waals surface area contributed by atoms with Gasteiger partial charge in [0, 0.05) is 6.42 Å². The predicted molar refractivity (Wildman–Crippen MR) is 74.0 cm³/mol. The van der Waals surface area contributed by atoms with Crippen LogP contribution in [0.5, 0.6) is 0 Å². The molecule has 1 fully saturated rings. The average molecular weight is 238 g/mol. The summed E-state index contributed by atoms with van der Waals surface area (Å²) in [5, 5.41) is 0. The Morgan fingerprint density at radius 1 is 1.29 bits per heavy atom. The monoisotopic (exact) mass is 238 g/mol. The lowest BCUT2D eigenvalue weighted by Gasteiger charge is -2.32. The van der Waals surface area contributed by atoms with Crippen LogP contribution in [0.3, 0.4) is 0 Å². The van der Waals surface area contributed by atoms with Crippen molar-refractivity contribution in [3.05, 3.63) is 0 Å². The fourth-order valence-corrected chi connectivity index (χ4v) is 3.41. The summed E-state index contributed by atoms with van der Waals surface area (Å²) in [7, 11) is 0. The van der Waals surface area contributed by atoms with Crippen LogP contribution in [0.4, 0.5) is 0 Å². The molecule has 0 saturated heterocycles. The normalized spacial score (nSPS) is 29.2. The molecule has 0 bridgehead atoms. The molecule has 0 aromatic heterocycles. The molecule has 0 radical (unpaired) electrons. The number of rotatable bonds is 7. The van der Waals surface area contributed by atoms with E-state index >= 15 is 0 Å². The fourth-order valence-electron chi connectivity index (χ4n) is 3.41. The molecule has 0 aliphatic heterocycles. The summed E-state index contributed by atoms with van der Waals surface area (Å²) in [6.45, 7) is 9.56. The van der Waals surface area contributed by atoms with Crippen molar-refractivity contribution in [1.82, 2.24) is 0 Å². The minimum absolute atomic E-state index is 0.531. The Labute approximate surface area is 107 Å². The maximum Gasteiger partial charge on any atom is 0.120 e. The maximum atomic E-state index is 10.4. The standard InChI is InChI=1S/C16H30O/c1-5-14(7-6-12-17)9-11-15-10-8-13(2)16(15,3)4/h12-15H,5-11H2,1-4H3. The van der Waals surface area contributed by atoms with E-state index in [1.165, 1.54) is 32.1 Å².